The molecule has 1 rings (SSSR count). The zero-order valence-corrected chi connectivity index (χ0v) is 11.0. The lowest BCUT2D eigenvalue weighted by molar-refractivity contribution is 0.0691. The van der Waals surface area contributed by atoms with Crippen LogP contribution in [0, 0.1) is 5.82 Å². The van der Waals surface area contributed by atoms with E-state index in [4.69, 9.17) is 5.11 Å². The molecule has 1 aromatic carbocycles. The van der Waals surface area contributed by atoms with E-state index in [2.05, 4.69) is 0 Å². The molecule has 1 aromatic rings. The van der Waals surface area contributed by atoms with Crippen LogP contribution in [0.2, 0.25) is 0 Å². The number of aromatic carboxylic acids is 1. The van der Waals surface area contributed by atoms with E-state index < -0.39 is 32.4 Å². The normalized spacial score (nSPS) is 11.8. The van der Waals surface area contributed by atoms with Gasteiger partial charge in [0, 0.05) is 0 Å². The number of halogens is 1. The first-order valence-electron chi connectivity index (χ1n) is 5.61. The first-order valence-corrected chi connectivity index (χ1v) is 7.15. The highest BCUT2D eigenvalue weighted by molar-refractivity contribution is 7.92. The molecule has 0 bridgehead atoms. The summed E-state index contributed by atoms with van der Waals surface area (Å²) in [5, 5.41) is 8.19. The summed E-state index contributed by atoms with van der Waals surface area (Å²) in [7, 11) is -3.60. The van der Waals surface area contributed by atoms with Crippen LogP contribution in [-0.2, 0) is 9.84 Å². The molecule has 0 aliphatic carbocycles. The van der Waals surface area contributed by atoms with E-state index in [0.717, 1.165) is 18.2 Å². The van der Waals surface area contributed by atoms with E-state index in [9.17, 15) is 17.6 Å². The van der Waals surface area contributed by atoms with Crippen molar-refractivity contribution in [3.8, 4) is 0 Å². The number of hydrogen-bond acceptors (Lipinski definition) is 3. The molecule has 0 unspecified atom stereocenters. The van der Waals surface area contributed by atoms with Gasteiger partial charge in [0.05, 0.1) is 15.7 Å². The maximum atomic E-state index is 13.2. The van der Waals surface area contributed by atoms with Gasteiger partial charge in [-0.2, -0.15) is 0 Å². The Morgan fingerprint density at radius 1 is 1.33 bits per heavy atom. The van der Waals surface area contributed by atoms with Gasteiger partial charge >= 0.3 is 5.97 Å². The molecule has 0 amide bonds. The Kier molecular flexibility index (Phi) is 4.45. The molecule has 0 saturated heterocycles. The predicted octanol–water partition coefficient (Wildman–Crippen LogP) is 2.49. The Morgan fingerprint density at radius 2 is 1.89 bits per heavy atom. The molecule has 0 aromatic heterocycles. The van der Waals surface area contributed by atoms with Crippen molar-refractivity contribution >= 4 is 15.8 Å². The second kappa shape index (κ2) is 5.48. The van der Waals surface area contributed by atoms with E-state index in [0.29, 0.717) is 12.8 Å². The van der Waals surface area contributed by atoms with Crippen LogP contribution in [0.25, 0.3) is 0 Å². The maximum Gasteiger partial charge on any atom is 0.338 e. The zero-order valence-electron chi connectivity index (χ0n) is 10.2. The minimum absolute atomic E-state index is 0.144. The second-order valence-electron chi connectivity index (χ2n) is 3.93. The average molecular weight is 274 g/mol. The fourth-order valence-electron chi connectivity index (χ4n) is 1.77. The highest BCUT2D eigenvalue weighted by Crippen LogP contribution is 2.22. The van der Waals surface area contributed by atoms with Crippen molar-refractivity contribution < 1.29 is 22.7 Å². The molecule has 0 atom stereocenters. The predicted molar refractivity (Wildman–Crippen MR) is 64.9 cm³/mol. The van der Waals surface area contributed by atoms with Gasteiger partial charge in [-0.05, 0) is 31.0 Å². The smallest absolute Gasteiger partial charge is 0.338 e. The van der Waals surface area contributed by atoms with Crippen molar-refractivity contribution in [1.29, 1.82) is 0 Å². The van der Waals surface area contributed by atoms with Crippen LogP contribution in [0.1, 0.15) is 37.0 Å². The van der Waals surface area contributed by atoms with E-state index in [1.165, 1.54) is 0 Å². The lowest BCUT2D eigenvalue weighted by atomic mass is 10.2. The third-order valence-electron chi connectivity index (χ3n) is 2.85. The number of rotatable bonds is 5. The van der Waals surface area contributed by atoms with Crippen molar-refractivity contribution in [1.82, 2.24) is 0 Å². The molecule has 0 saturated carbocycles. The average Bonchev–Trinajstić information content (AvgIpc) is 2.30. The molecular formula is C12H15FO4S. The zero-order chi connectivity index (χ0) is 13.9. The van der Waals surface area contributed by atoms with Crippen molar-refractivity contribution in [3.05, 3.63) is 29.6 Å². The Labute approximate surface area is 105 Å². The monoisotopic (exact) mass is 274 g/mol. The Bertz CT molecular complexity index is 547. The van der Waals surface area contributed by atoms with Crippen molar-refractivity contribution in [3.63, 3.8) is 0 Å². The Hall–Kier alpha value is -1.43. The molecule has 0 fully saturated rings. The summed E-state index contributed by atoms with van der Waals surface area (Å²) < 4.78 is 37.5. The summed E-state index contributed by atoms with van der Waals surface area (Å²) >= 11 is 0. The fraction of sp³-hybridized carbons (Fsp3) is 0.417. The SMILES string of the molecule is CCC(CC)S(=O)(=O)c1ccc(F)c(C(=O)O)c1. The minimum atomic E-state index is -3.60. The number of carboxylic acids is 1. The molecule has 100 valence electrons. The van der Waals surface area contributed by atoms with Crippen molar-refractivity contribution in [2.75, 3.05) is 0 Å². The third-order valence-corrected chi connectivity index (χ3v) is 5.30. The van der Waals surface area contributed by atoms with Crippen molar-refractivity contribution in [2.45, 2.75) is 36.8 Å². The van der Waals surface area contributed by atoms with Gasteiger partial charge in [-0.1, -0.05) is 13.8 Å². The van der Waals surface area contributed by atoms with Gasteiger partial charge in [0.25, 0.3) is 0 Å². The molecule has 0 radical (unpaired) electrons. The molecule has 0 aliphatic rings. The highest BCUT2D eigenvalue weighted by Gasteiger charge is 2.26. The van der Waals surface area contributed by atoms with Crippen LogP contribution in [0.15, 0.2) is 23.1 Å². The summed E-state index contributed by atoms with van der Waals surface area (Å²) in [4.78, 5) is 10.6. The van der Waals surface area contributed by atoms with Gasteiger partial charge in [-0.3, -0.25) is 0 Å². The quantitative estimate of drug-likeness (QED) is 0.837. The maximum absolute atomic E-state index is 13.2. The molecule has 0 heterocycles. The first kappa shape index (κ1) is 14.6. The van der Waals surface area contributed by atoms with E-state index in [1.807, 2.05) is 0 Å². The standard InChI is InChI=1S/C12H15FO4S/c1-3-8(4-2)18(16,17)9-5-6-11(13)10(7-9)12(14)15/h5-8H,3-4H2,1-2H3,(H,14,15). The van der Waals surface area contributed by atoms with E-state index in [-0.39, 0.29) is 4.90 Å². The van der Waals surface area contributed by atoms with Crippen LogP contribution < -0.4 is 0 Å². The second-order valence-corrected chi connectivity index (χ2v) is 6.16. The molecular weight excluding hydrogens is 259 g/mol. The minimum Gasteiger partial charge on any atom is -0.478 e. The Morgan fingerprint density at radius 3 is 2.33 bits per heavy atom. The molecule has 0 spiro atoms. The summed E-state index contributed by atoms with van der Waals surface area (Å²) in [5.74, 6) is -2.42. The van der Waals surface area contributed by atoms with Gasteiger partial charge in [-0.25, -0.2) is 17.6 Å². The van der Waals surface area contributed by atoms with Crippen LogP contribution in [-0.4, -0.2) is 24.7 Å². The van der Waals surface area contributed by atoms with Gasteiger partial charge in [-0.15, -0.1) is 0 Å². The van der Waals surface area contributed by atoms with Gasteiger partial charge < -0.3 is 5.11 Å². The topological polar surface area (TPSA) is 71.4 Å². The van der Waals surface area contributed by atoms with Crippen LogP contribution in [0.4, 0.5) is 4.39 Å². The molecule has 1 N–H and O–H groups in total. The van der Waals surface area contributed by atoms with Gasteiger partial charge in [0.2, 0.25) is 0 Å². The summed E-state index contributed by atoms with van der Waals surface area (Å²) in [6, 6.07) is 2.86. The van der Waals surface area contributed by atoms with Gasteiger partial charge in [0.1, 0.15) is 5.82 Å². The van der Waals surface area contributed by atoms with E-state index in [1.54, 1.807) is 13.8 Å². The summed E-state index contributed by atoms with van der Waals surface area (Å²) in [6.07, 6.45) is 0.858. The number of hydrogen-bond donors (Lipinski definition) is 1. The van der Waals surface area contributed by atoms with Crippen molar-refractivity contribution in [2.24, 2.45) is 0 Å². The van der Waals surface area contributed by atoms with Crippen LogP contribution in [0.3, 0.4) is 0 Å². The highest BCUT2D eigenvalue weighted by atomic mass is 32.2. The fourth-order valence-corrected chi connectivity index (χ4v) is 3.57. The molecule has 4 nitrogen and oxygen atoms in total. The molecule has 18 heavy (non-hydrogen) atoms. The molecule has 6 heteroatoms. The number of carboxylic acid groups (broad SMARTS) is 1. The Balaban J connectivity index is 3.34. The lowest BCUT2D eigenvalue weighted by Crippen LogP contribution is -2.20. The van der Waals surface area contributed by atoms with Crippen LogP contribution in [0.5, 0.6) is 0 Å². The summed E-state index contributed by atoms with van der Waals surface area (Å²) in [5.41, 5.74) is -0.623. The van der Waals surface area contributed by atoms with Gasteiger partial charge in [0.15, 0.2) is 9.84 Å². The number of sulfone groups is 1. The molecule has 0 aliphatic heterocycles. The number of benzene rings is 1. The first-order chi connectivity index (χ1) is 8.34. The third kappa shape index (κ3) is 2.69. The van der Waals surface area contributed by atoms with Crippen LogP contribution >= 0.6 is 0 Å². The summed E-state index contributed by atoms with van der Waals surface area (Å²) in [6.45, 7) is 3.49. The van der Waals surface area contributed by atoms with E-state index >= 15 is 0 Å². The number of carbonyl (C=O) groups is 1. The largest absolute Gasteiger partial charge is 0.478 e. The lowest BCUT2D eigenvalue weighted by Gasteiger charge is -2.14.